The molecule has 0 radical (unpaired) electrons. The van der Waals surface area contributed by atoms with Gasteiger partial charge >= 0.3 is 0 Å². The van der Waals surface area contributed by atoms with E-state index in [1.54, 1.807) is 12.1 Å². The van der Waals surface area contributed by atoms with Crippen LogP contribution in [0.3, 0.4) is 0 Å². The SMILES string of the molecule is CCCN(CC1CCCCN1)C(CC)c1ccccc1F. The maximum Gasteiger partial charge on any atom is 0.127 e. The van der Waals surface area contributed by atoms with E-state index in [0.717, 1.165) is 38.0 Å². The van der Waals surface area contributed by atoms with Crippen molar-refractivity contribution in [2.45, 2.75) is 58.0 Å². The Morgan fingerprint density at radius 1 is 1.29 bits per heavy atom. The van der Waals surface area contributed by atoms with Gasteiger partial charge in [-0.2, -0.15) is 0 Å². The van der Waals surface area contributed by atoms with Crippen LogP contribution < -0.4 is 5.32 Å². The minimum atomic E-state index is -0.0675. The second kappa shape index (κ2) is 8.50. The van der Waals surface area contributed by atoms with Crippen molar-refractivity contribution in [1.82, 2.24) is 10.2 Å². The third kappa shape index (κ3) is 4.52. The fourth-order valence-electron chi connectivity index (χ4n) is 3.44. The zero-order valence-electron chi connectivity index (χ0n) is 13.4. The minimum absolute atomic E-state index is 0.0675. The molecule has 118 valence electrons. The summed E-state index contributed by atoms with van der Waals surface area (Å²) in [7, 11) is 0. The van der Waals surface area contributed by atoms with Gasteiger partial charge in [0.15, 0.2) is 0 Å². The monoisotopic (exact) mass is 292 g/mol. The molecule has 1 aromatic carbocycles. The molecule has 0 aromatic heterocycles. The molecule has 2 rings (SSSR count). The Bertz CT molecular complexity index is 415. The van der Waals surface area contributed by atoms with E-state index in [9.17, 15) is 4.39 Å². The Hall–Kier alpha value is -0.930. The molecule has 1 aromatic rings. The number of hydrogen-bond acceptors (Lipinski definition) is 2. The molecule has 1 fully saturated rings. The number of halogens is 1. The van der Waals surface area contributed by atoms with Gasteiger partial charge in [-0.15, -0.1) is 0 Å². The molecule has 21 heavy (non-hydrogen) atoms. The summed E-state index contributed by atoms with van der Waals surface area (Å²) in [6, 6.07) is 8.00. The molecule has 1 heterocycles. The quantitative estimate of drug-likeness (QED) is 0.813. The van der Waals surface area contributed by atoms with Gasteiger partial charge in [-0.1, -0.05) is 38.5 Å². The van der Waals surface area contributed by atoms with Crippen molar-refractivity contribution < 1.29 is 4.39 Å². The van der Waals surface area contributed by atoms with E-state index in [0.29, 0.717) is 6.04 Å². The van der Waals surface area contributed by atoms with E-state index in [2.05, 4.69) is 24.1 Å². The van der Waals surface area contributed by atoms with Gasteiger partial charge < -0.3 is 5.32 Å². The third-order valence-corrected chi connectivity index (χ3v) is 4.47. The van der Waals surface area contributed by atoms with Gasteiger partial charge in [-0.05, 0) is 44.8 Å². The lowest BCUT2D eigenvalue weighted by molar-refractivity contribution is 0.159. The van der Waals surface area contributed by atoms with E-state index >= 15 is 0 Å². The van der Waals surface area contributed by atoms with E-state index in [4.69, 9.17) is 0 Å². The fraction of sp³-hybridized carbons (Fsp3) is 0.667. The van der Waals surface area contributed by atoms with Gasteiger partial charge in [-0.3, -0.25) is 4.90 Å². The molecule has 3 heteroatoms. The molecular formula is C18H29FN2. The van der Waals surface area contributed by atoms with Crippen LogP contribution in [0.25, 0.3) is 0 Å². The molecular weight excluding hydrogens is 263 g/mol. The second-order valence-electron chi connectivity index (χ2n) is 6.09. The largest absolute Gasteiger partial charge is 0.313 e. The molecule has 2 atom stereocenters. The zero-order chi connectivity index (χ0) is 15.1. The second-order valence-corrected chi connectivity index (χ2v) is 6.09. The predicted molar refractivity (Wildman–Crippen MR) is 86.9 cm³/mol. The van der Waals surface area contributed by atoms with Gasteiger partial charge in [0.25, 0.3) is 0 Å². The first-order valence-corrected chi connectivity index (χ1v) is 8.48. The van der Waals surface area contributed by atoms with Crippen LogP contribution in [-0.4, -0.2) is 30.6 Å². The summed E-state index contributed by atoms with van der Waals surface area (Å²) >= 11 is 0. The molecule has 1 saturated heterocycles. The number of hydrogen-bond donors (Lipinski definition) is 1. The average Bonchev–Trinajstić information content (AvgIpc) is 2.51. The van der Waals surface area contributed by atoms with Gasteiger partial charge in [-0.25, -0.2) is 4.39 Å². The van der Waals surface area contributed by atoms with Gasteiger partial charge in [0.2, 0.25) is 0 Å². The summed E-state index contributed by atoms with van der Waals surface area (Å²) in [5, 5.41) is 3.62. The van der Waals surface area contributed by atoms with Crippen molar-refractivity contribution in [1.29, 1.82) is 0 Å². The summed E-state index contributed by atoms with van der Waals surface area (Å²) < 4.78 is 14.2. The fourth-order valence-corrected chi connectivity index (χ4v) is 3.44. The highest BCUT2D eigenvalue weighted by molar-refractivity contribution is 5.21. The molecule has 0 amide bonds. The predicted octanol–water partition coefficient (Wildman–Crippen LogP) is 4.13. The topological polar surface area (TPSA) is 15.3 Å². The molecule has 1 aliphatic rings. The van der Waals surface area contributed by atoms with Gasteiger partial charge in [0.05, 0.1) is 0 Å². The van der Waals surface area contributed by atoms with Gasteiger partial charge in [0, 0.05) is 24.2 Å². The van der Waals surface area contributed by atoms with Crippen LogP contribution in [0.5, 0.6) is 0 Å². The normalized spacial score (nSPS) is 20.7. The minimum Gasteiger partial charge on any atom is -0.313 e. The first kappa shape index (κ1) is 16.4. The summed E-state index contributed by atoms with van der Waals surface area (Å²) in [5.41, 5.74) is 0.851. The molecule has 0 bridgehead atoms. The molecule has 0 aliphatic carbocycles. The summed E-state index contributed by atoms with van der Waals surface area (Å²) in [5.74, 6) is -0.0675. The molecule has 2 unspecified atom stereocenters. The summed E-state index contributed by atoms with van der Waals surface area (Å²) in [6.45, 7) is 7.55. The lowest BCUT2D eigenvalue weighted by atomic mass is 9.99. The van der Waals surface area contributed by atoms with Crippen LogP contribution in [-0.2, 0) is 0 Å². The first-order valence-electron chi connectivity index (χ1n) is 8.48. The average molecular weight is 292 g/mol. The van der Waals surface area contributed by atoms with Crippen LogP contribution >= 0.6 is 0 Å². The van der Waals surface area contributed by atoms with Crippen molar-refractivity contribution in [2.24, 2.45) is 0 Å². The number of rotatable bonds is 7. The van der Waals surface area contributed by atoms with E-state index < -0.39 is 0 Å². The number of benzene rings is 1. The van der Waals surface area contributed by atoms with E-state index in [1.807, 2.05) is 12.1 Å². The maximum absolute atomic E-state index is 14.2. The molecule has 1 aliphatic heterocycles. The Morgan fingerprint density at radius 2 is 2.10 bits per heavy atom. The Balaban J connectivity index is 2.11. The van der Waals surface area contributed by atoms with Crippen LogP contribution in [0, 0.1) is 5.82 Å². The zero-order valence-corrected chi connectivity index (χ0v) is 13.4. The number of piperidine rings is 1. The Labute approximate surface area is 128 Å². The lowest BCUT2D eigenvalue weighted by Crippen LogP contribution is -2.45. The van der Waals surface area contributed by atoms with E-state index in [1.165, 1.54) is 19.3 Å². The highest BCUT2D eigenvalue weighted by atomic mass is 19.1. The molecule has 0 saturated carbocycles. The van der Waals surface area contributed by atoms with Crippen LogP contribution in [0.15, 0.2) is 24.3 Å². The summed E-state index contributed by atoms with van der Waals surface area (Å²) in [4.78, 5) is 2.47. The van der Waals surface area contributed by atoms with Gasteiger partial charge in [0.1, 0.15) is 5.82 Å². The first-order chi connectivity index (χ1) is 10.3. The summed E-state index contributed by atoms with van der Waals surface area (Å²) in [6.07, 6.45) is 5.90. The molecule has 1 N–H and O–H groups in total. The highest BCUT2D eigenvalue weighted by Crippen LogP contribution is 2.27. The smallest absolute Gasteiger partial charge is 0.127 e. The molecule has 2 nitrogen and oxygen atoms in total. The Kier molecular flexibility index (Phi) is 6.65. The van der Waals surface area contributed by atoms with E-state index in [-0.39, 0.29) is 11.9 Å². The lowest BCUT2D eigenvalue weighted by Gasteiger charge is -2.36. The van der Waals surface area contributed by atoms with Crippen molar-refractivity contribution >= 4 is 0 Å². The third-order valence-electron chi connectivity index (χ3n) is 4.47. The number of nitrogens with zero attached hydrogens (tertiary/aromatic N) is 1. The van der Waals surface area contributed by atoms with Crippen LogP contribution in [0.4, 0.5) is 4.39 Å². The standard InChI is InChI=1S/C18H29FN2/c1-3-13-21(14-15-9-7-8-12-20-15)18(4-2)16-10-5-6-11-17(16)19/h5-6,10-11,15,18,20H,3-4,7-9,12-14H2,1-2H3. The van der Waals surface area contributed by atoms with Crippen LogP contribution in [0.2, 0.25) is 0 Å². The maximum atomic E-state index is 14.2. The Morgan fingerprint density at radius 3 is 2.71 bits per heavy atom. The van der Waals surface area contributed by atoms with Crippen molar-refractivity contribution in [3.63, 3.8) is 0 Å². The van der Waals surface area contributed by atoms with Crippen molar-refractivity contribution in [2.75, 3.05) is 19.6 Å². The molecule has 0 spiro atoms. The highest BCUT2D eigenvalue weighted by Gasteiger charge is 2.24. The van der Waals surface area contributed by atoms with Crippen LogP contribution in [0.1, 0.15) is 57.6 Å². The van der Waals surface area contributed by atoms with Crippen molar-refractivity contribution in [3.8, 4) is 0 Å². The van der Waals surface area contributed by atoms with Crippen molar-refractivity contribution in [3.05, 3.63) is 35.6 Å². The number of nitrogens with one attached hydrogen (secondary N) is 1.